The molecule has 0 radical (unpaired) electrons. The first kappa shape index (κ1) is 17.2. The minimum Gasteiger partial charge on any atom is -0.370 e. The van der Waals surface area contributed by atoms with E-state index < -0.39 is 10.0 Å². The fraction of sp³-hybridized carbons (Fsp3) is 0.700. The van der Waals surface area contributed by atoms with Gasteiger partial charge in [-0.2, -0.15) is 0 Å². The van der Waals surface area contributed by atoms with E-state index in [0.717, 1.165) is 45.3 Å². The van der Waals surface area contributed by atoms with Gasteiger partial charge in [-0.1, -0.05) is 30.3 Å². The third kappa shape index (κ3) is 3.21. The van der Waals surface area contributed by atoms with E-state index >= 15 is 0 Å². The van der Waals surface area contributed by atoms with Crippen LogP contribution in [-0.2, 0) is 21.3 Å². The smallest absolute Gasteiger partial charge is 0.211 e. The molecule has 4 fully saturated rings. The normalized spacial score (nSPS) is 36.5. The van der Waals surface area contributed by atoms with Crippen molar-refractivity contribution in [1.29, 1.82) is 0 Å². The summed E-state index contributed by atoms with van der Waals surface area (Å²) in [6, 6.07) is 10.6. The fourth-order valence-electron chi connectivity index (χ4n) is 5.40. The molecule has 6 heteroatoms. The van der Waals surface area contributed by atoms with Crippen molar-refractivity contribution in [2.75, 3.05) is 25.4 Å². The van der Waals surface area contributed by atoms with E-state index in [4.69, 9.17) is 4.74 Å². The Morgan fingerprint density at radius 2 is 2.00 bits per heavy atom. The molecule has 2 bridgehead atoms. The molecule has 1 aromatic rings. The van der Waals surface area contributed by atoms with Crippen LogP contribution < -0.4 is 4.72 Å². The molecule has 0 unspecified atom stereocenters. The van der Waals surface area contributed by atoms with Crippen molar-refractivity contribution in [2.45, 2.75) is 43.9 Å². The fourth-order valence-corrected chi connectivity index (χ4v) is 6.92. The molecule has 0 aromatic heterocycles. The topological polar surface area (TPSA) is 58.6 Å². The summed E-state index contributed by atoms with van der Waals surface area (Å²) in [6.07, 6.45) is 4.57. The van der Waals surface area contributed by atoms with E-state index in [2.05, 4.69) is 40.0 Å². The van der Waals surface area contributed by atoms with Crippen LogP contribution in [0, 0.1) is 17.8 Å². The molecule has 0 amide bonds. The Balaban J connectivity index is 1.24. The molecule has 5 nitrogen and oxygen atoms in total. The lowest BCUT2D eigenvalue weighted by molar-refractivity contribution is 0.00220. The lowest BCUT2D eigenvalue weighted by Crippen LogP contribution is -2.42. The van der Waals surface area contributed by atoms with Crippen molar-refractivity contribution in [1.82, 2.24) is 9.62 Å². The Kier molecular flexibility index (Phi) is 4.16. The molecule has 1 saturated carbocycles. The van der Waals surface area contributed by atoms with Crippen LogP contribution in [-0.4, -0.2) is 50.4 Å². The Morgan fingerprint density at radius 3 is 2.77 bits per heavy atom. The van der Waals surface area contributed by atoms with Crippen LogP contribution in [0.15, 0.2) is 30.3 Å². The van der Waals surface area contributed by atoms with Crippen molar-refractivity contribution in [3.05, 3.63) is 35.9 Å². The van der Waals surface area contributed by atoms with Gasteiger partial charge in [0, 0.05) is 38.0 Å². The second-order valence-corrected chi connectivity index (χ2v) is 10.6. The maximum Gasteiger partial charge on any atom is 0.211 e. The van der Waals surface area contributed by atoms with E-state index in [9.17, 15) is 8.42 Å². The minimum absolute atomic E-state index is 0.0357. The molecule has 3 saturated heterocycles. The summed E-state index contributed by atoms with van der Waals surface area (Å²) in [5, 5.41) is 0. The van der Waals surface area contributed by atoms with Gasteiger partial charge in [-0.05, 0) is 37.2 Å². The van der Waals surface area contributed by atoms with E-state index in [1.165, 1.54) is 5.56 Å². The summed E-state index contributed by atoms with van der Waals surface area (Å²) in [5.41, 5.74) is 1.30. The Hall–Kier alpha value is -0.950. The second-order valence-electron chi connectivity index (χ2n) is 8.76. The summed E-state index contributed by atoms with van der Waals surface area (Å²) in [5.74, 6) is 1.47. The van der Waals surface area contributed by atoms with Crippen LogP contribution in [0.25, 0.3) is 0 Å². The standard InChI is InChI=1S/C20H28N2O3S/c23-26(24,13-16-6-7-16)21-10-17-18-12-22(11-15-4-2-1-3-5-15)14-20(18)9-8-19(17)25-20/h1-5,16-19,21H,6-14H2/t17-,18+,19+,20+/m0/s1. The summed E-state index contributed by atoms with van der Waals surface area (Å²) >= 11 is 0. The van der Waals surface area contributed by atoms with Gasteiger partial charge in [0.1, 0.15) is 0 Å². The molecule has 1 spiro atoms. The summed E-state index contributed by atoms with van der Waals surface area (Å²) in [7, 11) is -3.13. The zero-order valence-electron chi connectivity index (χ0n) is 15.1. The molecule has 1 aliphatic carbocycles. The molecular formula is C20H28N2O3S. The van der Waals surface area contributed by atoms with E-state index in [1.807, 2.05) is 0 Å². The van der Waals surface area contributed by atoms with Crippen molar-refractivity contribution in [3.8, 4) is 0 Å². The zero-order chi connectivity index (χ0) is 17.8. The molecule has 1 aromatic carbocycles. The van der Waals surface area contributed by atoms with E-state index in [-0.39, 0.29) is 11.7 Å². The number of hydrogen-bond acceptors (Lipinski definition) is 4. The summed E-state index contributed by atoms with van der Waals surface area (Å²) in [6.45, 7) is 3.49. The SMILES string of the molecule is O=S(=O)(CC1CC1)NC[C@H]1[C@H]2CN(Cc3ccccc3)C[C@]23CC[C@H]1O3. The van der Waals surface area contributed by atoms with Crippen LogP contribution in [0.2, 0.25) is 0 Å². The van der Waals surface area contributed by atoms with Gasteiger partial charge < -0.3 is 4.74 Å². The molecule has 4 aliphatic rings. The van der Waals surface area contributed by atoms with Crippen LogP contribution in [0.3, 0.4) is 0 Å². The van der Waals surface area contributed by atoms with Gasteiger partial charge in [0.25, 0.3) is 0 Å². The first-order valence-corrected chi connectivity index (χ1v) is 11.6. The number of ether oxygens (including phenoxy) is 1. The highest BCUT2D eigenvalue weighted by Gasteiger charge is 2.62. The Labute approximate surface area is 156 Å². The van der Waals surface area contributed by atoms with Crippen molar-refractivity contribution >= 4 is 10.0 Å². The molecular weight excluding hydrogens is 348 g/mol. The zero-order valence-corrected chi connectivity index (χ0v) is 16.0. The number of rotatable bonds is 7. The predicted molar refractivity (Wildman–Crippen MR) is 100 cm³/mol. The average molecular weight is 377 g/mol. The van der Waals surface area contributed by atoms with Crippen molar-refractivity contribution < 1.29 is 13.2 Å². The third-order valence-corrected chi connectivity index (χ3v) is 8.31. The van der Waals surface area contributed by atoms with Gasteiger partial charge in [0.05, 0.1) is 17.5 Å². The number of benzene rings is 1. The lowest BCUT2D eigenvalue weighted by Gasteiger charge is -2.29. The van der Waals surface area contributed by atoms with Gasteiger partial charge in [-0.15, -0.1) is 0 Å². The average Bonchev–Trinajstić information content (AvgIpc) is 3.09. The summed E-state index contributed by atoms with van der Waals surface area (Å²) < 4.78 is 33.9. The van der Waals surface area contributed by atoms with Gasteiger partial charge in [0.2, 0.25) is 10.0 Å². The molecule has 3 heterocycles. The number of hydrogen-bond donors (Lipinski definition) is 1. The molecule has 3 aliphatic heterocycles. The Morgan fingerprint density at radius 1 is 1.19 bits per heavy atom. The molecule has 1 N–H and O–H groups in total. The van der Waals surface area contributed by atoms with Crippen LogP contribution >= 0.6 is 0 Å². The van der Waals surface area contributed by atoms with Gasteiger partial charge in [0.15, 0.2) is 0 Å². The predicted octanol–water partition coefficient (Wildman–Crippen LogP) is 2.00. The number of nitrogens with zero attached hydrogens (tertiary/aromatic N) is 1. The highest BCUT2D eigenvalue weighted by atomic mass is 32.2. The maximum absolute atomic E-state index is 12.3. The molecule has 5 rings (SSSR count). The van der Waals surface area contributed by atoms with Crippen molar-refractivity contribution in [3.63, 3.8) is 0 Å². The quantitative estimate of drug-likeness (QED) is 0.791. The highest BCUT2D eigenvalue weighted by molar-refractivity contribution is 7.89. The minimum atomic E-state index is -3.13. The second kappa shape index (κ2) is 6.30. The molecule has 142 valence electrons. The van der Waals surface area contributed by atoms with Crippen LogP contribution in [0.5, 0.6) is 0 Å². The van der Waals surface area contributed by atoms with Crippen LogP contribution in [0.4, 0.5) is 0 Å². The van der Waals surface area contributed by atoms with E-state index in [0.29, 0.717) is 30.1 Å². The number of likely N-dealkylation sites (tertiary alicyclic amines) is 1. The van der Waals surface area contributed by atoms with Crippen molar-refractivity contribution in [2.24, 2.45) is 17.8 Å². The maximum atomic E-state index is 12.3. The first-order chi connectivity index (χ1) is 12.5. The highest BCUT2D eigenvalue weighted by Crippen LogP contribution is 2.54. The number of sulfonamides is 1. The molecule has 26 heavy (non-hydrogen) atoms. The lowest BCUT2D eigenvalue weighted by atomic mass is 9.74. The molecule has 4 atom stereocenters. The summed E-state index contributed by atoms with van der Waals surface area (Å²) in [4.78, 5) is 2.49. The van der Waals surface area contributed by atoms with Crippen LogP contribution in [0.1, 0.15) is 31.2 Å². The van der Waals surface area contributed by atoms with Gasteiger partial charge >= 0.3 is 0 Å². The largest absolute Gasteiger partial charge is 0.370 e. The van der Waals surface area contributed by atoms with E-state index in [1.54, 1.807) is 0 Å². The van der Waals surface area contributed by atoms with Gasteiger partial charge in [-0.3, -0.25) is 4.90 Å². The number of fused-ring (bicyclic) bond motifs is 1. The van der Waals surface area contributed by atoms with Gasteiger partial charge in [-0.25, -0.2) is 13.1 Å². The number of nitrogens with one attached hydrogen (secondary N) is 1. The third-order valence-electron chi connectivity index (χ3n) is 6.79. The first-order valence-electron chi connectivity index (χ1n) is 9.94. The Bertz CT molecular complexity index is 765. The monoisotopic (exact) mass is 376 g/mol.